The van der Waals surface area contributed by atoms with Crippen LogP contribution in [0.4, 0.5) is 0 Å². The van der Waals surface area contributed by atoms with E-state index in [9.17, 15) is 8.42 Å². The molecule has 1 heterocycles. The Kier molecular flexibility index (Phi) is 5.63. The SMILES string of the molecule is Cc1ccc(S(=O)(=O)NCC(c2cccc(Cl)c2)N(C)C)s1. The van der Waals surface area contributed by atoms with Gasteiger partial charge in [-0.05, 0) is 50.8 Å². The Morgan fingerprint density at radius 2 is 2.00 bits per heavy atom. The number of sulfonamides is 1. The lowest BCUT2D eigenvalue weighted by molar-refractivity contribution is 0.299. The van der Waals surface area contributed by atoms with Gasteiger partial charge in [0.05, 0.1) is 0 Å². The van der Waals surface area contributed by atoms with Crippen LogP contribution in [0.2, 0.25) is 5.02 Å². The van der Waals surface area contributed by atoms with Crippen molar-refractivity contribution in [2.24, 2.45) is 0 Å². The number of rotatable bonds is 6. The number of hydrogen-bond donors (Lipinski definition) is 1. The van der Waals surface area contributed by atoms with Gasteiger partial charge in [0.2, 0.25) is 10.0 Å². The second-order valence-electron chi connectivity index (χ2n) is 5.25. The van der Waals surface area contributed by atoms with Crippen molar-refractivity contribution >= 4 is 33.0 Å². The molecule has 0 spiro atoms. The smallest absolute Gasteiger partial charge is 0.250 e. The molecule has 0 aliphatic carbocycles. The molecule has 0 saturated carbocycles. The second kappa shape index (κ2) is 7.10. The number of hydrogen-bond acceptors (Lipinski definition) is 4. The molecule has 1 atom stereocenters. The molecule has 0 radical (unpaired) electrons. The van der Waals surface area contributed by atoms with Gasteiger partial charge in [-0.3, -0.25) is 0 Å². The van der Waals surface area contributed by atoms with Crippen LogP contribution in [-0.2, 0) is 10.0 Å². The first-order chi connectivity index (χ1) is 10.3. The third-order valence-corrected chi connectivity index (χ3v) is 6.46. The van der Waals surface area contributed by atoms with E-state index in [0.29, 0.717) is 9.23 Å². The van der Waals surface area contributed by atoms with Crippen LogP contribution in [0.15, 0.2) is 40.6 Å². The molecule has 0 aliphatic heterocycles. The predicted molar refractivity (Wildman–Crippen MR) is 92.1 cm³/mol. The topological polar surface area (TPSA) is 49.4 Å². The van der Waals surface area contributed by atoms with Crippen LogP contribution >= 0.6 is 22.9 Å². The number of aryl methyl sites for hydroxylation is 1. The fourth-order valence-electron chi connectivity index (χ4n) is 2.13. The summed E-state index contributed by atoms with van der Waals surface area (Å²) in [4.78, 5) is 2.94. The Bertz CT molecular complexity index is 742. The number of halogens is 1. The van der Waals surface area contributed by atoms with Gasteiger partial charge in [-0.25, -0.2) is 13.1 Å². The summed E-state index contributed by atoms with van der Waals surface area (Å²) in [6, 6.07) is 10.8. The largest absolute Gasteiger partial charge is 0.301 e. The van der Waals surface area contributed by atoms with Crippen molar-refractivity contribution in [3.8, 4) is 0 Å². The molecule has 0 fully saturated rings. The second-order valence-corrected chi connectivity index (χ2v) is 8.97. The van der Waals surface area contributed by atoms with Crippen LogP contribution in [0.25, 0.3) is 0 Å². The first-order valence-electron chi connectivity index (χ1n) is 6.77. The van der Waals surface area contributed by atoms with Crippen molar-refractivity contribution in [1.29, 1.82) is 0 Å². The molecule has 120 valence electrons. The molecule has 0 aliphatic rings. The summed E-state index contributed by atoms with van der Waals surface area (Å²) in [7, 11) is 0.346. The summed E-state index contributed by atoms with van der Waals surface area (Å²) >= 11 is 7.29. The zero-order valence-corrected chi connectivity index (χ0v) is 15.1. The third kappa shape index (κ3) is 4.30. The minimum absolute atomic E-state index is 0.0884. The van der Waals surface area contributed by atoms with Gasteiger partial charge in [0.25, 0.3) is 0 Å². The average molecular weight is 359 g/mol. The number of thiophene rings is 1. The summed E-state index contributed by atoms with van der Waals surface area (Å²) in [5, 5.41) is 0.640. The molecule has 1 N–H and O–H groups in total. The zero-order valence-electron chi connectivity index (χ0n) is 12.7. The van der Waals surface area contributed by atoms with Gasteiger partial charge in [0.15, 0.2) is 0 Å². The molecular formula is C15H19ClN2O2S2. The predicted octanol–water partition coefficient (Wildman–Crippen LogP) is 3.29. The van der Waals surface area contributed by atoms with Crippen molar-refractivity contribution < 1.29 is 8.42 Å². The molecule has 0 bridgehead atoms. The number of benzene rings is 1. The molecule has 1 unspecified atom stereocenters. The fourth-order valence-corrected chi connectivity index (χ4v) is 4.69. The van der Waals surface area contributed by atoms with E-state index in [1.807, 2.05) is 44.1 Å². The van der Waals surface area contributed by atoms with E-state index in [4.69, 9.17) is 11.6 Å². The lowest BCUT2D eigenvalue weighted by Crippen LogP contribution is -2.34. The first kappa shape index (κ1) is 17.4. The summed E-state index contributed by atoms with van der Waals surface area (Å²) in [6.07, 6.45) is 0. The van der Waals surface area contributed by atoms with Crippen molar-refractivity contribution in [1.82, 2.24) is 9.62 Å². The highest BCUT2D eigenvalue weighted by Gasteiger charge is 2.21. The number of nitrogens with one attached hydrogen (secondary N) is 1. The zero-order chi connectivity index (χ0) is 16.3. The van der Waals surface area contributed by atoms with E-state index in [-0.39, 0.29) is 12.6 Å². The average Bonchev–Trinajstić information content (AvgIpc) is 2.86. The molecule has 1 aromatic carbocycles. The lowest BCUT2D eigenvalue weighted by Gasteiger charge is -2.25. The monoisotopic (exact) mass is 358 g/mol. The van der Waals surface area contributed by atoms with Gasteiger partial charge >= 0.3 is 0 Å². The van der Waals surface area contributed by atoms with E-state index in [1.54, 1.807) is 18.2 Å². The molecule has 1 aromatic heterocycles. The Hall–Kier alpha value is -0.920. The van der Waals surface area contributed by atoms with Crippen molar-refractivity contribution in [3.05, 3.63) is 51.9 Å². The van der Waals surface area contributed by atoms with Gasteiger partial charge in [-0.15, -0.1) is 11.3 Å². The number of nitrogens with zero attached hydrogens (tertiary/aromatic N) is 1. The van der Waals surface area contributed by atoms with E-state index >= 15 is 0 Å². The van der Waals surface area contributed by atoms with Gasteiger partial charge in [0.1, 0.15) is 4.21 Å². The summed E-state index contributed by atoms with van der Waals surface area (Å²) < 4.78 is 27.7. The molecule has 0 saturated heterocycles. The number of likely N-dealkylation sites (N-methyl/N-ethyl adjacent to an activating group) is 1. The third-order valence-electron chi connectivity index (χ3n) is 3.30. The maximum absolute atomic E-state index is 12.3. The highest BCUT2D eigenvalue weighted by Crippen LogP contribution is 2.23. The van der Waals surface area contributed by atoms with Crippen LogP contribution in [0.5, 0.6) is 0 Å². The minimum Gasteiger partial charge on any atom is -0.301 e. The van der Waals surface area contributed by atoms with Crippen LogP contribution < -0.4 is 4.72 Å². The van der Waals surface area contributed by atoms with Crippen LogP contribution in [0, 0.1) is 6.92 Å². The van der Waals surface area contributed by atoms with Gasteiger partial charge < -0.3 is 4.90 Å². The molecule has 4 nitrogen and oxygen atoms in total. The first-order valence-corrected chi connectivity index (χ1v) is 9.45. The molecular weight excluding hydrogens is 340 g/mol. The Morgan fingerprint density at radius 1 is 1.27 bits per heavy atom. The van der Waals surface area contributed by atoms with Gasteiger partial charge in [-0.1, -0.05) is 23.7 Å². The summed E-state index contributed by atoms with van der Waals surface area (Å²) in [5.41, 5.74) is 0.975. The van der Waals surface area contributed by atoms with E-state index in [0.717, 1.165) is 10.4 Å². The Labute approximate surface area is 140 Å². The van der Waals surface area contributed by atoms with Crippen LogP contribution in [-0.4, -0.2) is 34.0 Å². The summed E-state index contributed by atoms with van der Waals surface area (Å²) in [6.45, 7) is 2.17. The standard InChI is InChI=1S/C15H19ClN2O2S2/c1-11-7-8-15(21-11)22(19,20)17-10-14(18(2)3)12-5-4-6-13(16)9-12/h4-9,14,17H,10H2,1-3H3. The summed E-state index contributed by atoms with van der Waals surface area (Å²) in [5.74, 6) is 0. The Balaban J connectivity index is 2.16. The lowest BCUT2D eigenvalue weighted by atomic mass is 10.1. The van der Waals surface area contributed by atoms with Crippen molar-refractivity contribution in [2.45, 2.75) is 17.2 Å². The molecule has 22 heavy (non-hydrogen) atoms. The maximum atomic E-state index is 12.3. The van der Waals surface area contributed by atoms with Gasteiger partial charge in [0, 0.05) is 22.5 Å². The highest BCUT2D eigenvalue weighted by molar-refractivity contribution is 7.91. The van der Waals surface area contributed by atoms with Gasteiger partial charge in [-0.2, -0.15) is 0 Å². The quantitative estimate of drug-likeness (QED) is 0.862. The molecule has 7 heteroatoms. The van der Waals surface area contributed by atoms with Crippen molar-refractivity contribution in [2.75, 3.05) is 20.6 Å². The fraction of sp³-hybridized carbons (Fsp3) is 0.333. The van der Waals surface area contributed by atoms with E-state index < -0.39 is 10.0 Å². The van der Waals surface area contributed by atoms with E-state index in [1.165, 1.54) is 11.3 Å². The molecule has 0 amide bonds. The Morgan fingerprint density at radius 3 is 2.55 bits per heavy atom. The molecule has 2 rings (SSSR count). The van der Waals surface area contributed by atoms with Crippen LogP contribution in [0.1, 0.15) is 16.5 Å². The molecule has 2 aromatic rings. The highest BCUT2D eigenvalue weighted by atomic mass is 35.5. The van der Waals surface area contributed by atoms with Crippen molar-refractivity contribution in [3.63, 3.8) is 0 Å². The van der Waals surface area contributed by atoms with E-state index in [2.05, 4.69) is 4.72 Å². The minimum atomic E-state index is -3.48. The normalized spacial score (nSPS) is 13.5. The maximum Gasteiger partial charge on any atom is 0.250 e. The van der Waals surface area contributed by atoms with Crippen LogP contribution in [0.3, 0.4) is 0 Å².